The van der Waals surface area contributed by atoms with Crippen molar-refractivity contribution in [3.05, 3.63) is 24.3 Å². The molecule has 1 unspecified atom stereocenters. The molecule has 2 rings (SSSR count). The normalized spacial score (nSPS) is 18.5. The maximum absolute atomic E-state index is 12.2. The number of hydrogen-bond donors (Lipinski definition) is 2. The minimum atomic E-state index is -1.59. The van der Waals surface area contributed by atoms with Gasteiger partial charge in [0, 0.05) is 12.0 Å². The van der Waals surface area contributed by atoms with Gasteiger partial charge in [-0.2, -0.15) is 0 Å². The summed E-state index contributed by atoms with van der Waals surface area (Å²) >= 11 is 0. The van der Waals surface area contributed by atoms with Crippen LogP contribution in [0.5, 0.6) is 5.75 Å². The molecule has 23 heavy (non-hydrogen) atoms. The maximum atomic E-state index is 12.2. The van der Waals surface area contributed by atoms with Crippen molar-refractivity contribution in [2.75, 3.05) is 13.1 Å². The molecule has 0 saturated carbocycles. The Morgan fingerprint density at radius 3 is 2.65 bits per heavy atom. The highest BCUT2D eigenvalue weighted by Crippen LogP contribution is 2.19. The lowest BCUT2D eigenvalue weighted by molar-refractivity contribution is 0.00784. The number of amides is 1. The molecule has 1 amide bonds. The van der Waals surface area contributed by atoms with Crippen LogP contribution >= 0.6 is 0 Å². The zero-order valence-electron chi connectivity index (χ0n) is 13.9. The van der Waals surface area contributed by atoms with Gasteiger partial charge in [0.2, 0.25) is 0 Å². The second-order valence-corrected chi connectivity index (χ2v) is 6.72. The Balaban J connectivity index is 2.01. The third-order valence-corrected chi connectivity index (χ3v) is 3.52. The Morgan fingerprint density at radius 1 is 1.30 bits per heavy atom. The van der Waals surface area contributed by atoms with E-state index in [0.29, 0.717) is 24.3 Å². The molecule has 1 aromatic carbocycles. The van der Waals surface area contributed by atoms with Gasteiger partial charge in [0.1, 0.15) is 17.5 Å². The van der Waals surface area contributed by atoms with Crippen molar-refractivity contribution in [1.82, 2.24) is 4.90 Å². The lowest BCUT2D eigenvalue weighted by atomic mass is 9.79. The molecule has 2 N–H and O–H groups in total. The second kappa shape index (κ2) is 7.23. The van der Waals surface area contributed by atoms with Gasteiger partial charge >= 0.3 is 13.2 Å². The van der Waals surface area contributed by atoms with Gasteiger partial charge in [0.15, 0.2) is 0 Å². The van der Waals surface area contributed by atoms with Crippen molar-refractivity contribution in [3.8, 4) is 5.75 Å². The number of benzene rings is 1. The fourth-order valence-electron chi connectivity index (χ4n) is 2.51. The molecule has 7 heteroatoms. The second-order valence-electron chi connectivity index (χ2n) is 6.72. The summed E-state index contributed by atoms with van der Waals surface area (Å²) in [5.41, 5.74) is -0.208. The van der Waals surface area contributed by atoms with Gasteiger partial charge in [-0.05, 0) is 39.7 Å². The number of ether oxygens (including phenoxy) is 2. The molecule has 0 spiro atoms. The van der Waals surface area contributed by atoms with Crippen LogP contribution < -0.4 is 10.2 Å². The molecule has 126 valence electrons. The van der Waals surface area contributed by atoms with Gasteiger partial charge in [-0.3, -0.25) is 0 Å². The molecule has 1 atom stereocenters. The Bertz CT molecular complexity index is 544. The van der Waals surface area contributed by atoms with Crippen LogP contribution in [0.25, 0.3) is 0 Å². The summed E-state index contributed by atoms with van der Waals surface area (Å²) in [6.45, 7) is 6.56. The van der Waals surface area contributed by atoms with Gasteiger partial charge in [-0.15, -0.1) is 0 Å². The SMILES string of the molecule is CC(C)(C)OC(=O)N1CCCC(Oc2ccccc2B(O)O)C1. The van der Waals surface area contributed by atoms with Crippen LogP contribution in [-0.4, -0.2) is 53.0 Å². The minimum absolute atomic E-state index is 0.198. The third kappa shape index (κ3) is 5.15. The van der Waals surface area contributed by atoms with Crippen molar-refractivity contribution < 1.29 is 24.3 Å². The monoisotopic (exact) mass is 321 g/mol. The lowest BCUT2D eigenvalue weighted by Crippen LogP contribution is -2.47. The molecule has 0 radical (unpaired) electrons. The van der Waals surface area contributed by atoms with Crippen molar-refractivity contribution in [2.24, 2.45) is 0 Å². The van der Waals surface area contributed by atoms with E-state index in [2.05, 4.69) is 0 Å². The predicted octanol–water partition coefficient (Wildman–Crippen LogP) is 1.14. The van der Waals surface area contributed by atoms with E-state index in [0.717, 1.165) is 12.8 Å². The van der Waals surface area contributed by atoms with E-state index in [4.69, 9.17) is 9.47 Å². The average molecular weight is 321 g/mol. The number of para-hydroxylation sites is 1. The van der Waals surface area contributed by atoms with E-state index in [-0.39, 0.29) is 12.2 Å². The molecule has 6 nitrogen and oxygen atoms in total. The first-order valence-electron chi connectivity index (χ1n) is 7.86. The van der Waals surface area contributed by atoms with E-state index >= 15 is 0 Å². The molecule has 0 aliphatic carbocycles. The number of carbonyl (C=O) groups excluding carboxylic acids is 1. The fraction of sp³-hybridized carbons (Fsp3) is 0.562. The summed E-state index contributed by atoms with van der Waals surface area (Å²) in [7, 11) is -1.59. The Kier molecular flexibility index (Phi) is 5.54. The molecule has 1 aliphatic rings. The number of piperidine rings is 1. The number of hydrogen-bond acceptors (Lipinski definition) is 5. The average Bonchev–Trinajstić information content (AvgIpc) is 2.46. The summed E-state index contributed by atoms with van der Waals surface area (Å²) in [6, 6.07) is 6.79. The molecule has 0 aromatic heterocycles. The quantitative estimate of drug-likeness (QED) is 0.817. The van der Waals surface area contributed by atoms with E-state index in [1.165, 1.54) is 0 Å². The molecule has 1 saturated heterocycles. The Morgan fingerprint density at radius 2 is 2.00 bits per heavy atom. The Labute approximate surface area is 137 Å². The van der Waals surface area contributed by atoms with Crippen LogP contribution in [0.2, 0.25) is 0 Å². The van der Waals surface area contributed by atoms with Crippen LogP contribution in [0.3, 0.4) is 0 Å². The van der Waals surface area contributed by atoms with Crippen molar-refractivity contribution in [1.29, 1.82) is 0 Å². The predicted molar refractivity (Wildman–Crippen MR) is 87.7 cm³/mol. The van der Waals surface area contributed by atoms with Crippen LogP contribution in [0.1, 0.15) is 33.6 Å². The smallest absolute Gasteiger partial charge is 0.489 e. The van der Waals surface area contributed by atoms with Crippen molar-refractivity contribution in [3.63, 3.8) is 0 Å². The first-order chi connectivity index (χ1) is 10.8. The molecule has 1 aromatic rings. The highest BCUT2D eigenvalue weighted by atomic mass is 16.6. The minimum Gasteiger partial charge on any atom is -0.489 e. The number of likely N-dealkylation sites (tertiary alicyclic amines) is 1. The number of nitrogens with zero attached hydrogens (tertiary/aromatic N) is 1. The molecular formula is C16H24BNO5. The van der Waals surface area contributed by atoms with Crippen molar-refractivity contribution in [2.45, 2.75) is 45.3 Å². The molecule has 0 bridgehead atoms. The summed E-state index contributed by atoms with van der Waals surface area (Å²) in [4.78, 5) is 13.8. The van der Waals surface area contributed by atoms with E-state index in [1.54, 1.807) is 29.2 Å². The number of carbonyl (C=O) groups is 1. The summed E-state index contributed by atoms with van der Waals surface area (Å²) < 4.78 is 11.3. The van der Waals surface area contributed by atoms with Crippen LogP contribution in [-0.2, 0) is 4.74 Å². The topological polar surface area (TPSA) is 79.2 Å². The summed E-state index contributed by atoms with van der Waals surface area (Å²) in [5.74, 6) is 0.429. The summed E-state index contributed by atoms with van der Waals surface area (Å²) in [5, 5.41) is 18.8. The number of rotatable bonds is 3. The van der Waals surface area contributed by atoms with Gasteiger partial charge in [0.25, 0.3) is 0 Å². The first kappa shape index (κ1) is 17.6. The van der Waals surface area contributed by atoms with Gasteiger partial charge < -0.3 is 24.4 Å². The Hall–Kier alpha value is -1.73. The third-order valence-electron chi connectivity index (χ3n) is 3.52. The molecule has 1 aliphatic heterocycles. The molecule has 1 fully saturated rings. The fourth-order valence-corrected chi connectivity index (χ4v) is 2.51. The first-order valence-corrected chi connectivity index (χ1v) is 7.86. The summed E-state index contributed by atoms with van der Waals surface area (Å²) in [6.07, 6.45) is 1.07. The van der Waals surface area contributed by atoms with Crippen LogP contribution in [0, 0.1) is 0 Å². The highest BCUT2D eigenvalue weighted by molar-refractivity contribution is 6.59. The van der Waals surface area contributed by atoms with Gasteiger partial charge in [0.05, 0.1) is 6.54 Å². The molecule has 1 heterocycles. The molecular weight excluding hydrogens is 297 g/mol. The zero-order valence-corrected chi connectivity index (χ0v) is 13.9. The lowest BCUT2D eigenvalue weighted by Gasteiger charge is -2.34. The van der Waals surface area contributed by atoms with Crippen molar-refractivity contribution >= 4 is 18.7 Å². The standard InChI is InChI=1S/C16H24BNO5/c1-16(2,3)23-15(19)18-10-6-7-12(11-18)22-14-9-5-4-8-13(14)17(20)21/h4-5,8-9,12,20-21H,6-7,10-11H2,1-3H3. The zero-order chi connectivity index (χ0) is 17.0. The largest absolute Gasteiger partial charge is 0.492 e. The highest BCUT2D eigenvalue weighted by Gasteiger charge is 2.29. The van der Waals surface area contributed by atoms with Crippen LogP contribution in [0.4, 0.5) is 4.79 Å². The van der Waals surface area contributed by atoms with E-state index in [9.17, 15) is 14.8 Å². The van der Waals surface area contributed by atoms with Gasteiger partial charge in [-0.25, -0.2) is 4.79 Å². The maximum Gasteiger partial charge on any atom is 0.492 e. The van der Waals surface area contributed by atoms with E-state index in [1.807, 2.05) is 20.8 Å². The van der Waals surface area contributed by atoms with E-state index < -0.39 is 12.7 Å². The van der Waals surface area contributed by atoms with Gasteiger partial charge in [-0.1, -0.05) is 18.2 Å². The van der Waals surface area contributed by atoms with Crippen LogP contribution in [0.15, 0.2) is 24.3 Å².